The number of hydrogen-bond donors (Lipinski definition) is 2. The maximum atomic E-state index is 12.9. The number of aryl methyl sites for hydroxylation is 1. The van der Waals surface area contributed by atoms with Gasteiger partial charge in [0.25, 0.3) is 11.8 Å². The van der Waals surface area contributed by atoms with Crippen LogP contribution in [0.15, 0.2) is 48.0 Å². The molecule has 2 N–H and O–H groups in total. The summed E-state index contributed by atoms with van der Waals surface area (Å²) >= 11 is 0. The van der Waals surface area contributed by atoms with Gasteiger partial charge in [0.05, 0.1) is 12.3 Å². The Labute approximate surface area is 155 Å². The molecule has 1 aliphatic heterocycles. The zero-order chi connectivity index (χ0) is 19.6. The molecule has 0 radical (unpaired) electrons. The summed E-state index contributed by atoms with van der Waals surface area (Å²) in [4.78, 5) is 38.3. The van der Waals surface area contributed by atoms with Crippen LogP contribution in [0, 0.1) is 6.92 Å². The summed E-state index contributed by atoms with van der Waals surface area (Å²) in [6, 6.07) is 10.6. The lowest BCUT2D eigenvalue weighted by Crippen LogP contribution is -2.54. The summed E-state index contributed by atoms with van der Waals surface area (Å²) in [5, 5.41) is 12.0. The van der Waals surface area contributed by atoms with E-state index in [1.54, 1.807) is 44.2 Å². The lowest BCUT2D eigenvalue weighted by atomic mass is 10.1. The average Bonchev–Trinajstić information content (AvgIpc) is 2.63. The van der Waals surface area contributed by atoms with Crippen molar-refractivity contribution in [2.24, 2.45) is 0 Å². The number of aromatic hydroxyl groups is 1. The lowest BCUT2D eigenvalue weighted by Gasteiger charge is -2.27. The van der Waals surface area contributed by atoms with Gasteiger partial charge in [0.1, 0.15) is 5.57 Å². The summed E-state index contributed by atoms with van der Waals surface area (Å²) in [5.41, 5.74) is 1.41. The molecule has 2 aromatic carbocycles. The van der Waals surface area contributed by atoms with E-state index >= 15 is 0 Å². The molecule has 1 aliphatic rings. The number of barbiturate groups is 1. The van der Waals surface area contributed by atoms with E-state index in [9.17, 15) is 19.5 Å². The molecule has 0 bridgehead atoms. The number of carbonyl (C=O) groups is 3. The minimum atomic E-state index is -0.794. The summed E-state index contributed by atoms with van der Waals surface area (Å²) in [6.45, 7) is 3.89. The Bertz CT molecular complexity index is 965. The monoisotopic (exact) mass is 366 g/mol. The molecule has 0 saturated carbocycles. The molecule has 0 spiro atoms. The second-order valence-electron chi connectivity index (χ2n) is 5.90. The fourth-order valence-corrected chi connectivity index (χ4v) is 2.75. The first-order chi connectivity index (χ1) is 12.9. The van der Waals surface area contributed by atoms with Gasteiger partial charge < -0.3 is 9.84 Å². The van der Waals surface area contributed by atoms with E-state index < -0.39 is 17.8 Å². The van der Waals surface area contributed by atoms with Crippen molar-refractivity contribution in [3.05, 3.63) is 59.2 Å². The number of nitrogens with one attached hydrogen (secondary N) is 1. The van der Waals surface area contributed by atoms with Gasteiger partial charge in [-0.15, -0.1) is 0 Å². The molecule has 0 unspecified atom stereocenters. The second kappa shape index (κ2) is 7.33. The van der Waals surface area contributed by atoms with Crippen LogP contribution in [0.4, 0.5) is 10.5 Å². The van der Waals surface area contributed by atoms with Crippen LogP contribution in [-0.2, 0) is 9.59 Å². The minimum Gasteiger partial charge on any atom is -0.504 e. The fraction of sp³-hybridized carbons (Fsp3) is 0.150. The maximum absolute atomic E-state index is 12.9. The zero-order valence-electron chi connectivity index (χ0n) is 14.9. The van der Waals surface area contributed by atoms with Gasteiger partial charge in [-0.2, -0.15) is 0 Å². The average molecular weight is 366 g/mol. The van der Waals surface area contributed by atoms with Crippen LogP contribution < -0.4 is 15.0 Å². The Hall–Kier alpha value is -3.61. The third kappa shape index (κ3) is 3.52. The summed E-state index contributed by atoms with van der Waals surface area (Å²) in [6.07, 6.45) is 1.36. The van der Waals surface area contributed by atoms with E-state index in [1.807, 2.05) is 0 Å². The van der Waals surface area contributed by atoms with Gasteiger partial charge in [-0.1, -0.05) is 24.3 Å². The van der Waals surface area contributed by atoms with Gasteiger partial charge in [-0.05, 0) is 49.2 Å². The van der Waals surface area contributed by atoms with Crippen molar-refractivity contribution >= 4 is 29.6 Å². The highest BCUT2D eigenvalue weighted by Crippen LogP contribution is 2.29. The maximum Gasteiger partial charge on any atom is 0.335 e. The zero-order valence-corrected chi connectivity index (χ0v) is 14.9. The predicted octanol–water partition coefficient (Wildman–Crippen LogP) is 2.77. The molecule has 138 valence electrons. The smallest absolute Gasteiger partial charge is 0.335 e. The van der Waals surface area contributed by atoms with E-state index in [2.05, 4.69) is 5.32 Å². The molecule has 0 aliphatic carbocycles. The number of carbonyl (C=O) groups excluding carboxylic acids is 3. The van der Waals surface area contributed by atoms with E-state index in [1.165, 1.54) is 18.2 Å². The molecule has 2 aromatic rings. The highest BCUT2D eigenvalue weighted by molar-refractivity contribution is 6.39. The summed E-state index contributed by atoms with van der Waals surface area (Å²) < 4.78 is 5.31. The van der Waals surface area contributed by atoms with E-state index in [0.717, 1.165) is 10.5 Å². The van der Waals surface area contributed by atoms with Crippen LogP contribution in [0.5, 0.6) is 11.5 Å². The standard InChI is InChI=1S/C20H18N2O5/c1-3-27-17-11-13(8-9-16(17)23)10-14-18(24)21-20(26)22(19(14)25)15-7-5-4-6-12(15)2/h4-11,23H,3H2,1-2H3,(H,21,24,26). The number of benzene rings is 2. The van der Waals surface area contributed by atoms with Crippen LogP contribution in [0.1, 0.15) is 18.1 Å². The molecular weight excluding hydrogens is 348 g/mol. The highest BCUT2D eigenvalue weighted by Gasteiger charge is 2.37. The Morgan fingerprint density at radius 1 is 1.15 bits per heavy atom. The normalized spacial score (nSPS) is 15.9. The fourth-order valence-electron chi connectivity index (χ4n) is 2.75. The highest BCUT2D eigenvalue weighted by atomic mass is 16.5. The first kappa shape index (κ1) is 18.2. The Balaban J connectivity index is 2.02. The minimum absolute atomic E-state index is 0.0462. The third-order valence-electron chi connectivity index (χ3n) is 4.05. The van der Waals surface area contributed by atoms with Gasteiger partial charge in [-0.25, -0.2) is 9.69 Å². The van der Waals surface area contributed by atoms with Crippen LogP contribution >= 0.6 is 0 Å². The number of urea groups is 1. The quantitative estimate of drug-likeness (QED) is 0.641. The molecule has 0 aromatic heterocycles. The number of hydrogen-bond acceptors (Lipinski definition) is 5. The Kier molecular flexibility index (Phi) is 4.94. The molecular formula is C20H18N2O5. The first-order valence-electron chi connectivity index (χ1n) is 8.35. The molecule has 1 fully saturated rings. The van der Waals surface area contributed by atoms with Gasteiger partial charge in [-0.3, -0.25) is 14.9 Å². The molecule has 0 atom stereocenters. The number of nitrogens with zero attached hydrogens (tertiary/aromatic N) is 1. The van der Waals surface area contributed by atoms with Crippen molar-refractivity contribution < 1.29 is 24.2 Å². The van der Waals surface area contributed by atoms with Crippen molar-refractivity contribution in [1.82, 2.24) is 5.32 Å². The van der Waals surface area contributed by atoms with Crippen LogP contribution in [-0.4, -0.2) is 29.6 Å². The topological polar surface area (TPSA) is 95.9 Å². The van der Waals surface area contributed by atoms with Crippen molar-refractivity contribution in [3.63, 3.8) is 0 Å². The molecule has 7 heteroatoms. The van der Waals surface area contributed by atoms with E-state index in [4.69, 9.17) is 4.74 Å². The van der Waals surface area contributed by atoms with Gasteiger partial charge in [0.15, 0.2) is 11.5 Å². The van der Waals surface area contributed by atoms with Crippen molar-refractivity contribution in [1.29, 1.82) is 0 Å². The van der Waals surface area contributed by atoms with Crippen molar-refractivity contribution in [2.75, 3.05) is 11.5 Å². The van der Waals surface area contributed by atoms with Crippen LogP contribution in [0.25, 0.3) is 6.08 Å². The number of para-hydroxylation sites is 1. The summed E-state index contributed by atoms with van der Waals surface area (Å²) in [7, 11) is 0. The molecule has 1 saturated heterocycles. The molecule has 7 nitrogen and oxygen atoms in total. The molecule has 3 rings (SSSR count). The number of phenolic OH excluding ortho intramolecular Hbond substituents is 1. The third-order valence-corrected chi connectivity index (χ3v) is 4.05. The van der Waals surface area contributed by atoms with Crippen LogP contribution in [0.3, 0.4) is 0 Å². The SMILES string of the molecule is CCOc1cc(C=C2C(=O)NC(=O)N(c3ccccc3C)C2=O)ccc1O. The largest absolute Gasteiger partial charge is 0.504 e. The predicted molar refractivity (Wildman–Crippen MR) is 99.5 cm³/mol. The van der Waals surface area contributed by atoms with Crippen LogP contribution in [0.2, 0.25) is 0 Å². The van der Waals surface area contributed by atoms with Gasteiger partial charge >= 0.3 is 6.03 Å². The Morgan fingerprint density at radius 2 is 1.89 bits per heavy atom. The number of imide groups is 2. The number of rotatable bonds is 4. The van der Waals surface area contributed by atoms with Crippen molar-refractivity contribution in [2.45, 2.75) is 13.8 Å². The van der Waals surface area contributed by atoms with E-state index in [0.29, 0.717) is 17.9 Å². The van der Waals surface area contributed by atoms with Gasteiger partial charge in [0, 0.05) is 0 Å². The van der Waals surface area contributed by atoms with Crippen molar-refractivity contribution in [3.8, 4) is 11.5 Å². The number of phenols is 1. The summed E-state index contributed by atoms with van der Waals surface area (Å²) in [5.74, 6) is -1.30. The number of ether oxygens (including phenoxy) is 1. The Morgan fingerprint density at radius 3 is 2.59 bits per heavy atom. The molecule has 1 heterocycles. The number of amides is 4. The molecule has 4 amide bonds. The number of anilines is 1. The second-order valence-corrected chi connectivity index (χ2v) is 5.90. The van der Waals surface area contributed by atoms with Gasteiger partial charge in [0.2, 0.25) is 0 Å². The molecule has 27 heavy (non-hydrogen) atoms. The first-order valence-corrected chi connectivity index (χ1v) is 8.35. The van der Waals surface area contributed by atoms with E-state index in [-0.39, 0.29) is 17.1 Å². The lowest BCUT2D eigenvalue weighted by molar-refractivity contribution is -0.122.